The van der Waals surface area contributed by atoms with Crippen molar-refractivity contribution in [3.05, 3.63) is 18.2 Å². The Morgan fingerprint density at radius 3 is 2.12 bits per heavy atom. The van der Waals surface area contributed by atoms with Crippen molar-refractivity contribution in [1.29, 1.82) is 0 Å². The molecule has 0 aliphatic carbocycles. The summed E-state index contributed by atoms with van der Waals surface area (Å²) in [5, 5.41) is -0.565. The number of rotatable bonds is 4. The molecule has 4 nitrogen and oxygen atoms in total. The van der Waals surface area contributed by atoms with E-state index >= 15 is 0 Å². The van der Waals surface area contributed by atoms with Gasteiger partial charge in [-0.15, -0.1) is 0 Å². The molecule has 0 unspecified atom stereocenters. The van der Waals surface area contributed by atoms with Crippen molar-refractivity contribution >= 4 is 22.7 Å². The first-order valence-corrected chi connectivity index (χ1v) is 5.21. The summed E-state index contributed by atoms with van der Waals surface area (Å²) in [6, 6.07) is 5.29. The van der Waals surface area contributed by atoms with Gasteiger partial charge in [-0.3, -0.25) is 9.69 Å². The Morgan fingerprint density at radius 1 is 1.31 bits per heavy atom. The number of hydrogen-bond acceptors (Lipinski definition) is 3. The van der Waals surface area contributed by atoms with Gasteiger partial charge in [0.1, 0.15) is 17.2 Å². The minimum atomic E-state index is -0.565. The van der Waals surface area contributed by atoms with Gasteiger partial charge in [0, 0.05) is 6.54 Å². The van der Waals surface area contributed by atoms with Crippen molar-refractivity contribution in [2.75, 3.05) is 25.7 Å². The van der Waals surface area contributed by atoms with E-state index in [1.165, 1.54) is 19.1 Å². The minimum absolute atomic E-state index is 0.444. The molecule has 16 heavy (non-hydrogen) atoms. The summed E-state index contributed by atoms with van der Waals surface area (Å²) in [6.45, 7) is 2.27. The maximum atomic E-state index is 11.3. The third kappa shape index (κ3) is 2.39. The Kier molecular flexibility index (Phi) is 4.43. The molecule has 88 valence electrons. The number of ether oxygens (including phenoxy) is 2. The lowest BCUT2D eigenvalue weighted by Gasteiger charge is -2.22. The first kappa shape index (κ1) is 12.6. The lowest BCUT2D eigenvalue weighted by atomic mass is 10.2. The Labute approximate surface area is 99.7 Å². The van der Waals surface area contributed by atoms with Gasteiger partial charge in [0.25, 0.3) is 0 Å². The van der Waals surface area contributed by atoms with Crippen molar-refractivity contribution in [2.45, 2.75) is 6.92 Å². The Balaban J connectivity index is 3.31. The molecule has 5 heteroatoms. The number of hydrogen-bond donors (Lipinski definition) is 0. The van der Waals surface area contributed by atoms with E-state index in [0.29, 0.717) is 23.7 Å². The fraction of sp³-hybridized carbons (Fsp3) is 0.364. The van der Waals surface area contributed by atoms with Gasteiger partial charge in [0.15, 0.2) is 0 Å². The van der Waals surface area contributed by atoms with Crippen LogP contribution in [0, 0.1) is 0 Å². The molecule has 1 rings (SSSR count). The first-order chi connectivity index (χ1) is 7.65. The van der Waals surface area contributed by atoms with Crippen LogP contribution < -0.4 is 14.4 Å². The van der Waals surface area contributed by atoms with Gasteiger partial charge < -0.3 is 9.47 Å². The van der Waals surface area contributed by atoms with Crippen LogP contribution in [0.25, 0.3) is 0 Å². The van der Waals surface area contributed by atoms with Gasteiger partial charge >= 0.3 is 5.37 Å². The third-order valence-corrected chi connectivity index (χ3v) is 2.40. The van der Waals surface area contributed by atoms with E-state index < -0.39 is 5.37 Å². The third-order valence-electron chi connectivity index (χ3n) is 2.20. The smallest absolute Gasteiger partial charge is 0.321 e. The first-order valence-electron chi connectivity index (χ1n) is 4.83. The summed E-state index contributed by atoms with van der Waals surface area (Å²) in [5.74, 6) is 1.10. The molecule has 0 radical (unpaired) electrons. The number of carbonyl (C=O) groups excluding carboxylic acids is 1. The molecule has 1 amide bonds. The van der Waals surface area contributed by atoms with Crippen LogP contribution in [0.2, 0.25) is 0 Å². The molecule has 0 atom stereocenters. The van der Waals surface area contributed by atoms with Gasteiger partial charge in [0.2, 0.25) is 0 Å². The Hall–Kier alpha value is -1.42. The molecule has 0 N–H and O–H groups in total. The summed E-state index contributed by atoms with van der Waals surface area (Å²) in [7, 11) is 3.07. The van der Waals surface area contributed by atoms with Crippen LogP contribution >= 0.6 is 11.6 Å². The van der Waals surface area contributed by atoms with E-state index in [-0.39, 0.29) is 0 Å². The van der Waals surface area contributed by atoms with Crippen LogP contribution in [0.4, 0.5) is 10.5 Å². The number of benzene rings is 1. The van der Waals surface area contributed by atoms with E-state index in [9.17, 15) is 4.79 Å². The van der Waals surface area contributed by atoms with Crippen molar-refractivity contribution in [3.8, 4) is 11.5 Å². The van der Waals surface area contributed by atoms with Gasteiger partial charge in [0.05, 0.1) is 14.2 Å². The molecule has 0 bridgehead atoms. The number of nitrogens with zero attached hydrogens (tertiary/aromatic N) is 1. The molecule has 0 saturated carbocycles. The minimum Gasteiger partial charge on any atom is -0.494 e. The fourth-order valence-corrected chi connectivity index (χ4v) is 1.67. The van der Waals surface area contributed by atoms with Crippen LogP contribution in [-0.4, -0.2) is 26.1 Å². The maximum Gasteiger partial charge on any atom is 0.321 e. The zero-order valence-corrected chi connectivity index (χ0v) is 10.2. The zero-order valence-electron chi connectivity index (χ0n) is 9.49. The molecule has 0 fully saturated rings. The summed E-state index contributed by atoms with van der Waals surface area (Å²) in [5.41, 5.74) is 0.551. The van der Waals surface area contributed by atoms with Crippen LogP contribution in [-0.2, 0) is 0 Å². The summed E-state index contributed by atoms with van der Waals surface area (Å²) in [6.07, 6.45) is 0. The standard InChI is InChI=1S/C11H14ClNO3/c1-4-13(11(12)14)10-8(15-2)6-5-7-9(10)16-3/h5-7H,4H2,1-3H3. The SMILES string of the molecule is CCN(C(=O)Cl)c1c(OC)cccc1OC. The monoisotopic (exact) mass is 243 g/mol. The highest BCUT2D eigenvalue weighted by atomic mass is 35.5. The molecule has 0 spiro atoms. The highest BCUT2D eigenvalue weighted by Gasteiger charge is 2.20. The van der Waals surface area contributed by atoms with Crippen LogP contribution in [0.1, 0.15) is 6.92 Å². The van der Waals surface area contributed by atoms with Gasteiger partial charge in [-0.25, -0.2) is 0 Å². The quantitative estimate of drug-likeness (QED) is 0.603. The summed E-state index contributed by atoms with van der Waals surface area (Å²) >= 11 is 5.51. The molecule has 0 aliphatic rings. The number of carbonyl (C=O) groups is 1. The molecule has 1 aromatic rings. The van der Waals surface area contributed by atoms with E-state index in [1.54, 1.807) is 18.2 Å². The lowest BCUT2D eigenvalue weighted by Crippen LogP contribution is -2.26. The number of halogens is 1. The molecule has 0 saturated heterocycles. The van der Waals surface area contributed by atoms with Crippen molar-refractivity contribution in [3.63, 3.8) is 0 Å². The highest BCUT2D eigenvalue weighted by Crippen LogP contribution is 2.38. The second-order valence-electron chi connectivity index (χ2n) is 3.01. The molecule has 0 heterocycles. The number of amides is 1. The highest BCUT2D eigenvalue weighted by molar-refractivity contribution is 6.66. The predicted molar refractivity (Wildman–Crippen MR) is 63.8 cm³/mol. The van der Waals surface area contributed by atoms with Crippen molar-refractivity contribution in [2.24, 2.45) is 0 Å². The van der Waals surface area contributed by atoms with Gasteiger partial charge in [-0.1, -0.05) is 6.07 Å². The lowest BCUT2D eigenvalue weighted by molar-refractivity contribution is 0.264. The Morgan fingerprint density at radius 2 is 1.81 bits per heavy atom. The van der Waals surface area contributed by atoms with E-state index in [4.69, 9.17) is 21.1 Å². The van der Waals surface area contributed by atoms with Crippen LogP contribution in [0.3, 0.4) is 0 Å². The number of anilines is 1. The van der Waals surface area contributed by atoms with Gasteiger partial charge in [-0.2, -0.15) is 0 Å². The number of para-hydroxylation sites is 1. The Bertz CT molecular complexity index is 359. The average molecular weight is 244 g/mol. The molecule has 0 aromatic heterocycles. The van der Waals surface area contributed by atoms with E-state index in [0.717, 1.165) is 0 Å². The zero-order chi connectivity index (χ0) is 12.1. The second-order valence-corrected chi connectivity index (χ2v) is 3.33. The molecule has 1 aromatic carbocycles. The predicted octanol–water partition coefficient (Wildman–Crippen LogP) is 2.89. The second kappa shape index (κ2) is 5.61. The van der Waals surface area contributed by atoms with E-state index in [1.807, 2.05) is 6.92 Å². The summed E-state index contributed by atoms with van der Waals surface area (Å²) in [4.78, 5) is 12.7. The number of methoxy groups -OCH3 is 2. The topological polar surface area (TPSA) is 38.8 Å². The van der Waals surface area contributed by atoms with Crippen LogP contribution in [0.5, 0.6) is 11.5 Å². The maximum absolute atomic E-state index is 11.3. The van der Waals surface area contributed by atoms with Crippen molar-refractivity contribution < 1.29 is 14.3 Å². The fourth-order valence-electron chi connectivity index (χ4n) is 1.47. The largest absolute Gasteiger partial charge is 0.494 e. The van der Waals surface area contributed by atoms with Crippen molar-refractivity contribution in [1.82, 2.24) is 0 Å². The average Bonchev–Trinajstić information content (AvgIpc) is 2.29. The molecule has 0 aliphatic heterocycles. The summed E-state index contributed by atoms with van der Waals surface area (Å²) < 4.78 is 10.4. The van der Waals surface area contributed by atoms with Crippen LogP contribution in [0.15, 0.2) is 18.2 Å². The van der Waals surface area contributed by atoms with Gasteiger partial charge in [-0.05, 0) is 30.7 Å². The normalized spacial score (nSPS) is 9.75. The molecular formula is C11H14ClNO3. The molecular weight excluding hydrogens is 230 g/mol. The van der Waals surface area contributed by atoms with E-state index in [2.05, 4.69) is 0 Å².